The summed E-state index contributed by atoms with van der Waals surface area (Å²) >= 11 is 0. The number of fused-ring (bicyclic) bond motifs is 2. The highest BCUT2D eigenvalue weighted by atomic mass is 16.6. The molecule has 1 atom stereocenters. The van der Waals surface area contributed by atoms with Gasteiger partial charge in [0.15, 0.2) is 11.5 Å². The third-order valence-electron chi connectivity index (χ3n) is 6.85. The van der Waals surface area contributed by atoms with Gasteiger partial charge in [-0.2, -0.15) is 9.61 Å². The molecular weight excluding hydrogens is 536 g/mol. The highest BCUT2D eigenvalue weighted by Gasteiger charge is 2.29. The molecule has 1 amide bonds. The van der Waals surface area contributed by atoms with Crippen LogP contribution in [-0.2, 0) is 11.3 Å². The molecule has 0 radical (unpaired) electrons. The molecule has 1 aliphatic rings. The second-order valence-electron chi connectivity index (χ2n) is 11.1. The molecule has 42 heavy (non-hydrogen) atoms. The molecule has 0 aliphatic carbocycles. The molecule has 12 heteroatoms. The van der Waals surface area contributed by atoms with E-state index in [9.17, 15) is 4.79 Å². The van der Waals surface area contributed by atoms with Crippen molar-refractivity contribution in [2.24, 2.45) is 0 Å². The molecule has 1 unspecified atom stereocenters. The fraction of sp³-hybridized carbons (Fsp3) is 0.333. The lowest BCUT2D eigenvalue weighted by Gasteiger charge is -2.24. The van der Waals surface area contributed by atoms with Crippen LogP contribution in [0, 0.1) is 0 Å². The minimum atomic E-state index is -0.513. The van der Waals surface area contributed by atoms with E-state index < -0.39 is 5.60 Å². The van der Waals surface area contributed by atoms with Crippen molar-refractivity contribution in [1.82, 2.24) is 34.7 Å². The Labute approximate surface area is 242 Å². The average molecular weight is 569 g/mol. The number of pyridine rings is 2. The summed E-state index contributed by atoms with van der Waals surface area (Å²) in [5.74, 6) is 2.71. The maximum absolute atomic E-state index is 12.4. The van der Waals surface area contributed by atoms with E-state index in [-0.39, 0.29) is 18.7 Å². The first-order chi connectivity index (χ1) is 20.3. The van der Waals surface area contributed by atoms with Crippen molar-refractivity contribution in [3.05, 3.63) is 66.7 Å². The van der Waals surface area contributed by atoms with Crippen molar-refractivity contribution in [3.8, 4) is 22.8 Å². The summed E-state index contributed by atoms with van der Waals surface area (Å²) in [6, 6.07) is 15.2. The first-order valence-electron chi connectivity index (χ1n) is 13.7. The Balaban J connectivity index is 1.12. The van der Waals surface area contributed by atoms with Gasteiger partial charge in [0.05, 0.1) is 18.3 Å². The molecule has 1 saturated heterocycles. The van der Waals surface area contributed by atoms with Crippen molar-refractivity contribution in [1.29, 1.82) is 0 Å². The molecule has 5 heterocycles. The van der Waals surface area contributed by atoms with Crippen LogP contribution in [-0.4, -0.2) is 72.6 Å². The largest absolute Gasteiger partial charge is 0.497 e. The second kappa shape index (κ2) is 11.1. The van der Waals surface area contributed by atoms with E-state index in [2.05, 4.69) is 25.5 Å². The minimum Gasteiger partial charge on any atom is -0.497 e. The Morgan fingerprint density at radius 2 is 1.95 bits per heavy atom. The molecule has 12 nitrogen and oxygen atoms in total. The maximum atomic E-state index is 12.4. The Bertz CT molecular complexity index is 1730. The Kier molecular flexibility index (Phi) is 7.19. The molecule has 216 valence electrons. The monoisotopic (exact) mass is 568 g/mol. The standard InChI is InChI=1S/C30H32N8O4/c1-30(2,3)42-29(39)37-14-12-20(17-37)33-26-9-5-19(16-32-26)23-8-10-27-34-35-28(38(27)36-23)18-41-25-11-13-31-24-15-21(40-4)6-7-22(24)25/h5-11,13,15-16,20H,12,14,17-18H2,1-4H3,(H,32,33). The molecule has 0 spiro atoms. The third kappa shape index (κ3) is 5.87. The summed E-state index contributed by atoms with van der Waals surface area (Å²) in [7, 11) is 1.62. The van der Waals surface area contributed by atoms with Crippen LogP contribution >= 0.6 is 0 Å². The van der Waals surface area contributed by atoms with Crippen molar-refractivity contribution >= 4 is 28.5 Å². The lowest BCUT2D eigenvalue weighted by atomic mass is 10.2. The number of anilines is 1. The number of hydrogen-bond acceptors (Lipinski definition) is 10. The number of methoxy groups -OCH3 is 1. The van der Waals surface area contributed by atoms with E-state index in [0.29, 0.717) is 30.3 Å². The van der Waals surface area contributed by atoms with E-state index >= 15 is 0 Å². The Morgan fingerprint density at radius 1 is 1.07 bits per heavy atom. The van der Waals surface area contributed by atoms with Gasteiger partial charge in [0.2, 0.25) is 0 Å². The molecule has 6 rings (SSSR count). The van der Waals surface area contributed by atoms with Crippen molar-refractivity contribution in [3.63, 3.8) is 0 Å². The minimum absolute atomic E-state index is 0.101. The number of aromatic nitrogens is 6. The average Bonchev–Trinajstić information content (AvgIpc) is 3.62. The smallest absolute Gasteiger partial charge is 0.410 e. The lowest BCUT2D eigenvalue weighted by molar-refractivity contribution is 0.0293. The number of nitrogens with one attached hydrogen (secondary N) is 1. The van der Waals surface area contributed by atoms with E-state index in [1.165, 1.54) is 0 Å². The molecule has 1 aromatic carbocycles. The zero-order valence-corrected chi connectivity index (χ0v) is 23.9. The van der Waals surface area contributed by atoms with Crippen LogP contribution in [0.1, 0.15) is 33.0 Å². The summed E-state index contributed by atoms with van der Waals surface area (Å²) < 4.78 is 18.6. The van der Waals surface area contributed by atoms with Gasteiger partial charge in [-0.25, -0.2) is 9.78 Å². The second-order valence-corrected chi connectivity index (χ2v) is 11.1. The van der Waals surface area contributed by atoms with Gasteiger partial charge in [0.1, 0.15) is 29.5 Å². The highest BCUT2D eigenvalue weighted by molar-refractivity contribution is 5.86. The quantitative estimate of drug-likeness (QED) is 0.294. The maximum Gasteiger partial charge on any atom is 0.410 e. The van der Waals surface area contributed by atoms with Crippen molar-refractivity contribution in [2.45, 2.75) is 45.4 Å². The summed E-state index contributed by atoms with van der Waals surface area (Å²) in [6.45, 7) is 6.99. The molecule has 1 N–H and O–H groups in total. The number of carbonyl (C=O) groups excluding carboxylic acids is 1. The van der Waals surface area contributed by atoms with Crippen molar-refractivity contribution in [2.75, 3.05) is 25.5 Å². The van der Waals surface area contributed by atoms with Gasteiger partial charge in [-0.3, -0.25) is 4.98 Å². The fourth-order valence-electron chi connectivity index (χ4n) is 4.78. The summed E-state index contributed by atoms with van der Waals surface area (Å²) in [6.07, 6.45) is 4.01. The Hall–Kier alpha value is -5.00. The zero-order chi connectivity index (χ0) is 29.3. The SMILES string of the molecule is COc1ccc2c(OCc3nnc4ccc(-c5ccc(NC6CCN(C(=O)OC(C)(C)C)C6)nc5)nn34)ccnc2c1. The van der Waals surface area contributed by atoms with Gasteiger partial charge in [-0.1, -0.05) is 0 Å². The number of likely N-dealkylation sites (tertiary alicyclic amines) is 1. The number of hydrogen-bond donors (Lipinski definition) is 1. The van der Waals surface area contributed by atoms with E-state index in [4.69, 9.17) is 19.3 Å². The Morgan fingerprint density at radius 3 is 2.74 bits per heavy atom. The van der Waals surface area contributed by atoms with Gasteiger partial charge < -0.3 is 24.4 Å². The van der Waals surface area contributed by atoms with Gasteiger partial charge in [-0.05, 0) is 69.7 Å². The molecule has 1 fully saturated rings. The van der Waals surface area contributed by atoms with Crippen LogP contribution in [0.2, 0.25) is 0 Å². The molecule has 4 aromatic heterocycles. The number of amides is 1. The third-order valence-corrected chi connectivity index (χ3v) is 6.85. The number of benzene rings is 1. The topological polar surface area (TPSA) is 129 Å². The lowest BCUT2D eigenvalue weighted by Crippen LogP contribution is -2.36. The number of ether oxygens (including phenoxy) is 3. The zero-order valence-electron chi connectivity index (χ0n) is 23.9. The van der Waals surface area contributed by atoms with Crippen LogP contribution < -0.4 is 14.8 Å². The van der Waals surface area contributed by atoms with Crippen LogP contribution in [0.3, 0.4) is 0 Å². The predicted octanol–water partition coefficient (Wildman–Crippen LogP) is 4.74. The van der Waals surface area contributed by atoms with E-state index in [1.54, 1.807) is 28.9 Å². The molecule has 0 saturated carbocycles. The number of nitrogens with zero attached hydrogens (tertiary/aromatic N) is 7. The summed E-state index contributed by atoms with van der Waals surface area (Å²) in [5, 5.41) is 17.6. The van der Waals surface area contributed by atoms with Crippen molar-refractivity contribution < 1.29 is 19.0 Å². The van der Waals surface area contributed by atoms with Gasteiger partial charge in [0.25, 0.3) is 0 Å². The van der Waals surface area contributed by atoms with Gasteiger partial charge in [0, 0.05) is 48.5 Å². The van der Waals surface area contributed by atoms with Gasteiger partial charge in [-0.15, -0.1) is 10.2 Å². The first kappa shape index (κ1) is 27.2. The fourth-order valence-corrected chi connectivity index (χ4v) is 4.78. The van der Waals surface area contributed by atoms with Gasteiger partial charge >= 0.3 is 6.09 Å². The molecule has 1 aliphatic heterocycles. The van der Waals surface area contributed by atoms with E-state index in [0.717, 1.165) is 40.1 Å². The predicted molar refractivity (Wildman–Crippen MR) is 156 cm³/mol. The van der Waals surface area contributed by atoms with Crippen LogP contribution in [0.4, 0.5) is 10.6 Å². The number of carbonyl (C=O) groups is 1. The van der Waals surface area contributed by atoms with Crippen LogP contribution in [0.15, 0.2) is 60.9 Å². The normalized spacial score (nSPS) is 15.2. The van der Waals surface area contributed by atoms with Crippen LogP contribution in [0.5, 0.6) is 11.5 Å². The molecule has 0 bridgehead atoms. The summed E-state index contributed by atoms with van der Waals surface area (Å²) in [4.78, 5) is 23.1. The van der Waals surface area contributed by atoms with Crippen LogP contribution in [0.25, 0.3) is 27.8 Å². The molecular formula is C30H32N8O4. The van der Waals surface area contributed by atoms with E-state index in [1.807, 2.05) is 69.3 Å². The summed E-state index contributed by atoms with van der Waals surface area (Å²) in [5.41, 5.74) is 2.45. The first-order valence-corrected chi connectivity index (χ1v) is 13.7. The molecule has 5 aromatic rings. The number of rotatable bonds is 7. The highest BCUT2D eigenvalue weighted by Crippen LogP contribution is 2.28.